The van der Waals surface area contributed by atoms with E-state index in [0.717, 1.165) is 36.7 Å². The fraction of sp³-hybridized carbons (Fsp3) is 0.533. The second-order valence-corrected chi connectivity index (χ2v) is 6.13. The number of H-pyrrole nitrogens is 1. The number of nitrogens with one attached hydrogen (secondary N) is 1. The SMILES string of the molecule is NC1(c2ccc3c(c2)[nH]c(=O)n3C2CC2)CCCC1. The van der Waals surface area contributed by atoms with Gasteiger partial charge in [0.2, 0.25) is 0 Å². The highest BCUT2D eigenvalue weighted by Gasteiger charge is 2.32. The first-order chi connectivity index (χ1) is 9.17. The zero-order valence-electron chi connectivity index (χ0n) is 11.0. The number of aromatic amines is 1. The summed E-state index contributed by atoms with van der Waals surface area (Å²) in [6.07, 6.45) is 6.74. The molecule has 0 spiro atoms. The first-order valence-corrected chi connectivity index (χ1v) is 7.21. The Morgan fingerprint density at radius 1 is 1.26 bits per heavy atom. The summed E-state index contributed by atoms with van der Waals surface area (Å²) in [5, 5.41) is 0. The Kier molecular flexibility index (Phi) is 2.22. The summed E-state index contributed by atoms with van der Waals surface area (Å²) in [6, 6.07) is 6.67. The Labute approximate surface area is 111 Å². The van der Waals surface area contributed by atoms with Crippen molar-refractivity contribution in [1.29, 1.82) is 0 Å². The number of fused-ring (bicyclic) bond motifs is 1. The fourth-order valence-electron chi connectivity index (χ4n) is 3.43. The van der Waals surface area contributed by atoms with Crippen molar-refractivity contribution in [2.75, 3.05) is 0 Å². The minimum absolute atomic E-state index is 0.0205. The van der Waals surface area contributed by atoms with Crippen molar-refractivity contribution < 1.29 is 0 Å². The third kappa shape index (κ3) is 1.66. The van der Waals surface area contributed by atoms with Gasteiger partial charge >= 0.3 is 5.69 Å². The number of nitrogens with zero attached hydrogens (tertiary/aromatic N) is 1. The van der Waals surface area contributed by atoms with Crippen molar-refractivity contribution in [2.24, 2.45) is 5.73 Å². The molecule has 2 fully saturated rings. The molecular weight excluding hydrogens is 238 g/mol. The van der Waals surface area contributed by atoms with Crippen LogP contribution in [0, 0.1) is 0 Å². The number of imidazole rings is 1. The molecule has 0 radical (unpaired) electrons. The van der Waals surface area contributed by atoms with Gasteiger partial charge in [-0.2, -0.15) is 0 Å². The van der Waals surface area contributed by atoms with E-state index in [4.69, 9.17) is 5.73 Å². The van der Waals surface area contributed by atoms with Crippen LogP contribution < -0.4 is 11.4 Å². The molecule has 3 N–H and O–H groups in total. The summed E-state index contributed by atoms with van der Waals surface area (Å²) in [5.41, 5.74) is 9.45. The Bertz CT molecular complexity index is 687. The molecule has 0 amide bonds. The third-order valence-electron chi connectivity index (χ3n) is 4.70. The summed E-state index contributed by atoms with van der Waals surface area (Å²) < 4.78 is 1.90. The first-order valence-electron chi connectivity index (χ1n) is 7.21. The molecule has 0 bridgehead atoms. The van der Waals surface area contributed by atoms with Gasteiger partial charge in [0.1, 0.15) is 0 Å². The van der Waals surface area contributed by atoms with E-state index in [1.165, 1.54) is 18.4 Å². The lowest BCUT2D eigenvalue weighted by Crippen LogP contribution is -2.32. The summed E-state index contributed by atoms with van der Waals surface area (Å²) in [4.78, 5) is 15.0. The predicted molar refractivity (Wildman–Crippen MR) is 75.2 cm³/mol. The molecule has 2 saturated carbocycles. The van der Waals surface area contributed by atoms with Crippen molar-refractivity contribution in [3.05, 3.63) is 34.2 Å². The van der Waals surface area contributed by atoms with Crippen LogP contribution >= 0.6 is 0 Å². The van der Waals surface area contributed by atoms with Crippen LogP contribution in [0.2, 0.25) is 0 Å². The van der Waals surface area contributed by atoms with Gasteiger partial charge in [-0.1, -0.05) is 18.9 Å². The highest BCUT2D eigenvalue weighted by Crippen LogP contribution is 2.39. The van der Waals surface area contributed by atoms with Gasteiger partial charge in [0.25, 0.3) is 0 Å². The molecule has 0 saturated heterocycles. The average Bonchev–Trinajstić information content (AvgIpc) is 3.03. The minimum atomic E-state index is -0.188. The molecule has 100 valence electrons. The van der Waals surface area contributed by atoms with Crippen LogP contribution in [0.4, 0.5) is 0 Å². The highest BCUT2D eigenvalue weighted by molar-refractivity contribution is 5.76. The van der Waals surface area contributed by atoms with Gasteiger partial charge in [-0.25, -0.2) is 4.79 Å². The molecule has 1 aromatic carbocycles. The molecule has 0 atom stereocenters. The summed E-state index contributed by atoms with van der Waals surface area (Å²) in [7, 11) is 0. The lowest BCUT2D eigenvalue weighted by atomic mass is 9.89. The third-order valence-corrected chi connectivity index (χ3v) is 4.70. The Hall–Kier alpha value is -1.55. The Morgan fingerprint density at radius 3 is 2.68 bits per heavy atom. The number of hydrogen-bond acceptors (Lipinski definition) is 2. The number of nitrogens with two attached hydrogens (primary N) is 1. The first kappa shape index (κ1) is 11.3. The summed E-state index contributed by atoms with van der Waals surface area (Å²) in [6.45, 7) is 0. The van der Waals surface area contributed by atoms with Crippen LogP contribution in [0.25, 0.3) is 11.0 Å². The number of benzene rings is 1. The van der Waals surface area contributed by atoms with Gasteiger partial charge in [-0.3, -0.25) is 4.57 Å². The van der Waals surface area contributed by atoms with E-state index in [1.54, 1.807) is 0 Å². The van der Waals surface area contributed by atoms with E-state index in [9.17, 15) is 4.79 Å². The van der Waals surface area contributed by atoms with Crippen LogP contribution in [0.1, 0.15) is 50.1 Å². The maximum absolute atomic E-state index is 12.0. The lowest BCUT2D eigenvalue weighted by molar-refractivity contribution is 0.462. The second-order valence-electron chi connectivity index (χ2n) is 6.13. The predicted octanol–water partition coefficient (Wildman–Crippen LogP) is 2.39. The molecule has 1 heterocycles. The molecule has 2 aliphatic carbocycles. The molecule has 2 aromatic rings. The summed E-state index contributed by atoms with van der Waals surface area (Å²) >= 11 is 0. The van der Waals surface area contributed by atoms with E-state index in [2.05, 4.69) is 23.2 Å². The molecule has 2 aliphatic rings. The van der Waals surface area contributed by atoms with Gasteiger partial charge in [0.05, 0.1) is 11.0 Å². The van der Waals surface area contributed by atoms with Crippen LogP contribution in [-0.4, -0.2) is 9.55 Å². The van der Waals surface area contributed by atoms with Gasteiger partial charge in [0.15, 0.2) is 0 Å². The number of rotatable bonds is 2. The standard InChI is InChI=1S/C15H19N3O/c16-15(7-1-2-8-15)10-3-6-13-12(9-10)17-14(19)18(13)11-4-5-11/h3,6,9,11H,1-2,4-5,7-8,16H2,(H,17,19). The number of hydrogen-bond donors (Lipinski definition) is 2. The van der Waals surface area contributed by atoms with Crippen LogP contribution in [0.15, 0.2) is 23.0 Å². The molecule has 0 aliphatic heterocycles. The largest absolute Gasteiger partial charge is 0.326 e. The fourth-order valence-corrected chi connectivity index (χ4v) is 3.43. The van der Waals surface area contributed by atoms with Crippen molar-refractivity contribution in [3.63, 3.8) is 0 Å². The van der Waals surface area contributed by atoms with E-state index < -0.39 is 0 Å². The molecule has 19 heavy (non-hydrogen) atoms. The number of aromatic nitrogens is 2. The van der Waals surface area contributed by atoms with Crippen LogP contribution in [0.3, 0.4) is 0 Å². The molecule has 1 aromatic heterocycles. The van der Waals surface area contributed by atoms with Crippen molar-refractivity contribution in [3.8, 4) is 0 Å². The molecular formula is C15H19N3O. The maximum Gasteiger partial charge on any atom is 0.326 e. The summed E-state index contributed by atoms with van der Waals surface area (Å²) in [5.74, 6) is 0. The van der Waals surface area contributed by atoms with E-state index in [0.29, 0.717) is 6.04 Å². The second kappa shape index (κ2) is 3.73. The van der Waals surface area contributed by atoms with E-state index in [-0.39, 0.29) is 11.2 Å². The van der Waals surface area contributed by atoms with Gasteiger partial charge in [-0.05, 0) is 43.4 Å². The zero-order valence-corrected chi connectivity index (χ0v) is 11.0. The molecule has 4 rings (SSSR count). The molecule has 4 nitrogen and oxygen atoms in total. The Morgan fingerprint density at radius 2 is 2.00 bits per heavy atom. The highest BCUT2D eigenvalue weighted by atomic mass is 16.1. The zero-order chi connectivity index (χ0) is 13.0. The normalized spacial score (nSPS) is 22.2. The average molecular weight is 257 g/mol. The van der Waals surface area contributed by atoms with Crippen LogP contribution in [0.5, 0.6) is 0 Å². The lowest BCUT2D eigenvalue weighted by Gasteiger charge is -2.24. The van der Waals surface area contributed by atoms with Gasteiger partial charge < -0.3 is 10.7 Å². The van der Waals surface area contributed by atoms with E-state index >= 15 is 0 Å². The molecule has 0 unspecified atom stereocenters. The minimum Gasteiger partial charge on any atom is -0.321 e. The van der Waals surface area contributed by atoms with Gasteiger partial charge in [0, 0.05) is 11.6 Å². The van der Waals surface area contributed by atoms with Crippen LogP contribution in [-0.2, 0) is 5.54 Å². The smallest absolute Gasteiger partial charge is 0.321 e. The quantitative estimate of drug-likeness (QED) is 0.867. The topological polar surface area (TPSA) is 63.8 Å². The van der Waals surface area contributed by atoms with E-state index in [1.807, 2.05) is 4.57 Å². The monoisotopic (exact) mass is 257 g/mol. The van der Waals surface area contributed by atoms with Crippen molar-refractivity contribution in [2.45, 2.75) is 50.1 Å². The Balaban J connectivity index is 1.86. The van der Waals surface area contributed by atoms with Crippen molar-refractivity contribution >= 4 is 11.0 Å². The molecule has 4 heteroatoms. The van der Waals surface area contributed by atoms with Gasteiger partial charge in [-0.15, -0.1) is 0 Å². The van der Waals surface area contributed by atoms with Crippen molar-refractivity contribution in [1.82, 2.24) is 9.55 Å². The maximum atomic E-state index is 12.0.